The van der Waals surface area contributed by atoms with E-state index in [-0.39, 0.29) is 6.54 Å². The van der Waals surface area contributed by atoms with E-state index in [1.165, 1.54) is 12.1 Å². The second-order valence-electron chi connectivity index (χ2n) is 6.11. The number of benzene rings is 1. The highest BCUT2D eigenvalue weighted by Gasteiger charge is 2.46. The highest BCUT2D eigenvalue weighted by molar-refractivity contribution is 9.10. The van der Waals surface area contributed by atoms with Crippen molar-refractivity contribution < 1.29 is 26.4 Å². The SMILES string of the molecule is Cc1nnc2sc(C(=O)NCc3ccc(S(=O)(=O)C(F)(F)F)cc3)c(Br)c2c1C. The second-order valence-corrected chi connectivity index (χ2v) is 9.84. The first-order valence-corrected chi connectivity index (χ1v) is 11.1. The molecule has 0 bridgehead atoms. The molecule has 6 nitrogen and oxygen atoms in total. The van der Waals surface area contributed by atoms with Gasteiger partial charge in [-0.15, -0.1) is 16.4 Å². The van der Waals surface area contributed by atoms with Crippen molar-refractivity contribution in [3.63, 3.8) is 0 Å². The molecule has 29 heavy (non-hydrogen) atoms. The molecule has 1 aromatic carbocycles. The van der Waals surface area contributed by atoms with Gasteiger partial charge in [0, 0.05) is 11.9 Å². The van der Waals surface area contributed by atoms with Crippen molar-refractivity contribution in [2.24, 2.45) is 0 Å². The number of nitrogens with one attached hydrogen (secondary N) is 1. The fraction of sp³-hybridized carbons (Fsp3) is 0.235. The summed E-state index contributed by atoms with van der Waals surface area (Å²) in [5.41, 5.74) is -3.27. The molecule has 0 radical (unpaired) electrons. The summed E-state index contributed by atoms with van der Waals surface area (Å²) in [7, 11) is -5.40. The molecule has 2 aromatic heterocycles. The van der Waals surface area contributed by atoms with Crippen LogP contribution in [-0.2, 0) is 16.4 Å². The largest absolute Gasteiger partial charge is 0.501 e. The summed E-state index contributed by atoms with van der Waals surface area (Å²) in [5.74, 6) is -0.399. The number of rotatable bonds is 4. The number of nitrogens with zero attached hydrogens (tertiary/aromatic N) is 2. The van der Waals surface area contributed by atoms with E-state index >= 15 is 0 Å². The molecule has 0 saturated heterocycles. The topological polar surface area (TPSA) is 89.0 Å². The smallest absolute Gasteiger partial charge is 0.347 e. The first-order valence-electron chi connectivity index (χ1n) is 8.04. The fourth-order valence-corrected chi connectivity index (χ4v) is 5.29. The Morgan fingerprint density at radius 2 is 1.79 bits per heavy atom. The van der Waals surface area contributed by atoms with Crippen LogP contribution in [0.2, 0.25) is 0 Å². The number of thiophene rings is 1. The van der Waals surface area contributed by atoms with Gasteiger partial charge in [-0.1, -0.05) is 12.1 Å². The molecule has 0 aliphatic carbocycles. The van der Waals surface area contributed by atoms with E-state index < -0.39 is 26.1 Å². The third kappa shape index (κ3) is 4.01. The minimum atomic E-state index is -5.40. The number of alkyl halides is 3. The van der Waals surface area contributed by atoms with Gasteiger partial charge in [0.25, 0.3) is 15.7 Å². The van der Waals surface area contributed by atoms with Crippen LogP contribution in [0.15, 0.2) is 33.6 Å². The van der Waals surface area contributed by atoms with Gasteiger partial charge in [-0.25, -0.2) is 8.42 Å². The van der Waals surface area contributed by atoms with E-state index in [2.05, 4.69) is 31.4 Å². The third-order valence-electron chi connectivity index (χ3n) is 4.24. The lowest BCUT2D eigenvalue weighted by Crippen LogP contribution is -2.24. The first-order chi connectivity index (χ1) is 13.4. The van der Waals surface area contributed by atoms with Gasteiger partial charge < -0.3 is 5.32 Å². The molecule has 0 unspecified atom stereocenters. The summed E-state index contributed by atoms with van der Waals surface area (Å²) in [6.45, 7) is 3.70. The van der Waals surface area contributed by atoms with Crippen molar-refractivity contribution in [2.45, 2.75) is 30.8 Å². The van der Waals surface area contributed by atoms with E-state index in [1.807, 2.05) is 13.8 Å². The van der Waals surface area contributed by atoms with Crippen LogP contribution in [-0.4, -0.2) is 30.0 Å². The van der Waals surface area contributed by atoms with Gasteiger partial charge in [0.2, 0.25) is 0 Å². The molecule has 154 valence electrons. The van der Waals surface area contributed by atoms with E-state index in [1.54, 1.807) is 0 Å². The Balaban J connectivity index is 1.77. The van der Waals surface area contributed by atoms with E-state index in [0.717, 1.165) is 40.1 Å². The predicted molar refractivity (Wildman–Crippen MR) is 105 cm³/mol. The maximum Gasteiger partial charge on any atom is 0.501 e. The number of amides is 1. The second kappa shape index (κ2) is 7.65. The molecule has 0 aliphatic heterocycles. The summed E-state index contributed by atoms with van der Waals surface area (Å²) in [6, 6.07) is 4.17. The van der Waals surface area contributed by atoms with Crippen LogP contribution in [0.1, 0.15) is 26.5 Å². The molecule has 0 fully saturated rings. The quantitative estimate of drug-likeness (QED) is 0.568. The van der Waals surface area contributed by atoms with Crippen molar-refractivity contribution in [2.75, 3.05) is 0 Å². The summed E-state index contributed by atoms with van der Waals surface area (Å²) in [6.07, 6.45) is 0. The summed E-state index contributed by atoms with van der Waals surface area (Å²) in [4.78, 5) is 12.7. The van der Waals surface area contributed by atoms with E-state index in [4.69, 9.17) is 0 Å². The molecule has 3 aromatic rings. The molecule has 0 saturated carbocycles. The van der Waals surface area contributed by atoms with Crippen LogP contribution < -0.4 is 5.32 Å². The molecule has 1 amide bonds. The number of hydrogen-bond acceptors (Lipinski definition) is 6. The number of hydrogen-bond donors (Lipinski definition) is 1. The van der Waals surface area contributed by atoms with Crippen LogP contribution in [0.5, 0.6) is 0 Å². The average Bonchev–Trinajstić information content (AvgIpc) is 2.99. The van der Waals surface area contributed by atoms with Gasteiger partial charge in [-0.3, -0.25) is 4.79 Å². The number of halogens is 4. The Kier molecular flexibility index (Phi) is 5.71. The number of carbonyl (C=O) groups excluding carboxylic acids is 1. The van der Waals surface area contributed by atoms with Crippen LogP contribution in [0.4, 0.5) is 13.2 Å². The van der Waals surface area contributed by atoms with Gasteiger partial charge in [0.15, 0.2) is 0 Å². The molecular weight excluding hydrogens is 495 g/mol. The zero-order chi connectivity index (χ0) is 21.6. The van der Waals surface area contributed by atoms with E-state index in [0.29, 0.717) is 19.7 Å². The maximum absolute atomic E-state index is 12.6. The zero-order valence-electron chi connectivity index (χ0n) is 15.0. The van der Waals surface area contributed by atoms with E-state index in [9.17, 15) is 26.4 Å². The highest BCUT2D eigenvalue weighted by atomic mass is 79.9. The summed E-state index contributed by atoms with van der Waals surface area (Å²) < 4.78 is 61.1. The molecule has 1 N–H and O–H groups in total. The summed E-state index contributed by atoms with van der Waals surface area (Å²) in [5, 5.41) is 11.6. The lowest BCUT2D eigenvalue weighted by atomic mass is 10.2. The Bertz CT molecular complexity index is 1210. The third-order valence-corrected chi connectivity index (χ3v) is 7.87. The lowest BCUT2D eigenvalue weighted by Gasteiger charge is -2.09. The highest BCUT2D eigenvalue weighted by Crippen LogP contribution is 2.36. The molecule has 0 aliphatic rings. The number of aromatic nitrogens is 2. The molecule has 0 spiro atoms. The lowest BCUT2D eigenvalue weighted by molar-refractivity contribution is -0.0436. The molecule has 3 rings (SSSR count). The molecule has 12 heteroatoms. The summed E-state index contributed by atoms with van der Waals surface area (Å²) >= 11 is 4.58. The van der Waals surface area contributed by atoms with Crippen molar-refractivity contribution >= 4 is 53.2 Å². The molecular formula is C17H13BrF3N3O3S2. The Hall–Kier alpha value is -2.05. The van der Waals surface area contributed by atoms with Crippen LogP contribution in [0, 0.1) is 13.8 Å². The minimum absolute atomic E-state index is 0.00948. The Morgan fingerprint density at radius 3 is 2.38 bits per heavy atom. The van der Waals surface area contributed by atoms with Gasteiger partial charge >= 0.3 is 5.51 Å². The van der Waals surface area contributed by atoms with Crippen molar-refractivity contribution in [3.05, 3.63) is 50.4 Å². The van der Waals surface area contributed by atoms with Crippen molar-refractivity contribution in [1.29, 1.82) is 0 Å². The van der Waals surface area contributed by atoms with Gasteiger partial charge in [0.05, 0.1) is 15.1 Å². The van der Waals surface area contributed by atoms with Gasteiger partial charge in [-0.2, -0.15) is 18.3 Å². The number of fused-ring (bicyclic) bond motifs is 1. The standard InChI is InChI=1S/C17H13BrF3N3O3S2/c1-8-9(2)23-24-16-12(8)13(18)14(28-16)15(25)22-7-10-3-5-11(6-4-10)29(26,27)17(19,20)21/h3-6H,7H2,1-2H3,(H,22,25). The maximum atomic E-state index is 12.6. The Labute approximate surface area is 176 Å². The van der Waals surface area contributed by atoms with Gasteiger partial charge in [-0.05, 0) is 53.0 Å². The van der Waals surface area contributed by atoms with Gasteiger partial charge in [0.1, 0.15) is 9.71 Å². The van der Waals surface area contributed by atoms with Crippen LogP contribution in [0.3, 0.4) is 0 Å². The van der Waals surface area contributed by atoms with Crippen LogP contribution >= 0.6 is 27.3 Å². The zero-order valence-corrected chi connectivity index (χ0v) is 18.2. The average molecular weight is 508 g/mol. The molecule has 2 heterocycles. The van der Waals surface area contributed by atoms with Crippen molar-refractivity contribution in [3.8, 4) is 0 Å². The number of aryl methyl sites for hydroxylation is 2. The van der Waals surface area contributed by atoms with Crippen molar-refractivity contribution in [1.82, 2.24) is 15.5 Å². The normalized spacial score (nSPS) is 12.3. The minimum Gasteiger partial charge on any atom is -0.347 e. The first kappa shape index (κ1) is 21.7. The Morgan fingerprint density at radius 1 is 1.17 bits per heavy atom. The molecule has 0 atom stereocenters. The van der Waals surface area contributed by atoms with Crippen LogP contribution in [0.25, 0.3) is 10.2 Å². The number of sulfone groups is 1. The predicted octanol–water partition coefficient (Wildman–Crippen LogP) is 4.29. The fourth-order valence-electron chi connectivity index (χ4n) is 2.50. The monoisotopic (exact) mass is 507 g/mol. The number of carbonyl (C=O) groups is 1.